The average molecular weight is 258 g/mol. The van der Waals surface area contributed by atoms with Crippen molar-refractivity contribution in [1.29, 1.82) is 0 Å². The van der Waals surface area contributed by atoms with E-state index in [2.05, 4.69) is 10.3 Å². The molecule has 4 nitrogen and oxygen atoms in total. The zero-order valence-electron chi connectivity index (χ0n) is 8.81. The molecule has 1 fully saturated rings. The minimum Gasteiger partial charge on any atom is -0.388 e. The molecule has 1 saturated heterocycles. The molecule has 1 aromatic heterocycles. The van der Waals surface area contributed by atoms with E-state index in [1.807, 2.05) is 11.8 Å². The molecule has 16 heavy (non-hydrogen) atoms. The van der Waals surface area contributed by atoms with Crippen molar-refractivity contribution in [2.45, 2.75) is 18.4 Å². The molecule has 0 radical (unpaired) electrons. The van der Waals surface area contributed by atoms with E-state index in [-0.39, 0.29) is 5.91 Å². The van der Waals surface area contributed by atoms with Crippen molar-refractivity contribution in [2.75, 3.05) is 18.1 Å². The summed E-state index contributed by atoms with van der Waals surface area (Å²) in [5.41, 5.74) is 1.33. The van der Waals surface area contributed by atoms with Gasteiger partial charge in [0.25, 0.3) is 5.91 Å². The SMILES string of the molecule is O=C(NCC1(O)CCSCC1)c1cscn1. The highest BCUT2D eigenvalue weighted by Gasteiger charge is 2.29. The molecule has 1 aromatic rings. The van der Waals surface area contributed by atoms with Gasteiger partial charge in [-0.25, -0.2) is 4.98 Å². The Morgan fingerprint density at radius 1 is 1.56 bits per heavy atom. The Kier molecular flexibility index (Phi) is 3.83. The average Bonchev–Trinajstić information content (AvgIpc) is 2.80. The second-order valence-electron chi connectivity index (χ2n) is 3.89. The lowest BCUT2D eigenvalue weighted by atomic mass is 9.97. The van der Waals surface area contributed by atoms with Gasteiger partial charge < -0.3 is 10.4 Å². The van der Waals surface area contributed by atoms with E-state index in [9.17, 15) is 9.90 Å². The van der Waals surface area contributed by atoms with Gasteiger partial charge in [-0.05, 0) is 24.3 Å². The Labute approximate surface area is 102 Å². The summed E-state index contributed by atoms with van der Waals surface area (Å²) < 4.78 is 0. The van der Waals surface area contributed by atoms with Crippen LogP contribution in [0.3, 0.4) is 0 Å². The van der Waals surface area contributed by atoms with Crippen LogP contribution in [0, 0.1) is 0 Å². The number of thiazole rings is 1. The van der Waals surface area contributed by atoms with E-state index in [1.165, 1.54) is 11.3 Å². The first-order valence-electron chi connectivity index (χ1n) is 5.16. The zero-order valence-corrected chi connectivity index (χ0v) is 10.4. The van der Waals surface area contributed by atoms with Crippen molar-refractivity contribution in [3.8, 4) is 0 Å². The van der Waals surface area contributed by atoms with Crippen molar-refractivity contribution < 1.29 is 9.90 Å². The van der Waals surface area contributed by atoms with Gasteiger partial charge in [-0.1, -0.05) is 0 Å². The fraction of sp³-hybridized carbons (Fsp3) is 0.600. The maximum atomic E-state index is 11.6. The van der Waals surface area contributed by atoms with Gasteiger partial charge in [-0.2, -0.15) is 11.8 Å². The van der Waals surface area contributed by atoms with Gasteiger partial charge in [0.1, 0.15) is 5.69 Å². The quantitative estimate of drug-likeness (QED) is 0.853. The normalized spacial score (nSPS) is 19.3. The third-order valence-electron chi connectivity index (χ3n) is 2.67. The molecule has 2 heterocycles. The third kappa shape index (κ3) is 2.96. The van der Waals surface area contributed by atoms with Gasteiger partial charge in [-0.3, -0.25) is 4.79 Å². The smallest absolute Gasteiger partial charge is 0.270 e. The Bertz CT molecular complexity index is 348. The van der Waals surface area contributed by atoms with Crippen LogP contribution in [0.4, 0.5) is 0 Å². The number of aliphatic hydroxyl groups is 1. The summed E-state index contributed by atoms with van der Waals surface area (Å²) in [6.07, 6.45) is 1.49. The zero-order chi connectivity index (χ0) is 11.4. The van der Waals surface area contributed by atoms with Crippen molar-refractivity contribution in [2.24, 2.45) is 0 Å². The molecule has 88 valence electrons. The molecular weight excluding hydrogens is 244 g/mol. The Morgan fingerprint density at radius 2 is 2.31 bits per heavy atom. The van der Waals surface area contributed by atoms with Gasteiger partial charge in [-0.15, -0.1) is 11.3 Å². The molecule has 0 atom stereocenters. The molecule has 1 aliphatic heterocycles. The lowest BCUT2D eigenvalue weighted by molar-refractivity contribution is 0.0310. The highest BCUT2D eigenvalue weighted by atomic mass is 32.2. The molecule has 0 unspecified atom stereocenters. The first-order valence-corrected chi connectivity index (χ1v) is 7.26. The summed E-state index contributed by atoms with van der Waals surface area (Å²) in [4.78, 5) is 15.5. The van der Waals surface area contributed by atoms with Gasteiger partial charge in [0.15, 0.2) is 0 Å². The van der Waals surface area contributed by atoms with Crippen LogP contribution in [0.1, 0.15) is 23.3 Å². The number of carbonyl (C=O) groups is 1. The van der Waals surface area contributed by atoms with E-state index in [4.69, 9.17) is 0 Å². The fourth-order valence-electron chi connectivity index (χ4n) is 1.59. The van der Waals surface area contributed by atoms with E-state index in [1.54, 1.807) is 10.9 Å². The monoisotopic (exact) mass is 258 g/mol. The Hall–Kier alpha value is -0.590. The van der Waals surface area contributed by atoms with Crippen molar-refractivity contribution in [3.63, 3.8) is 0 Å². The van der Waals surface area contributed by atoms with Gasteiger partial charge >= 0.3 is 0 Å². The summed E-state index contributed by atoms with van der Waals surface area (Å²) in [6.45, 7) is 0.323. The second-order valence-corrected chi connectivity index (χ2v) is 5.84. The Balaban J connectivity index is 1.84. The van der Waals surface area contributed by atoms with Crippen molar-refractivity contribution >= 4 is 29.0 Å². The van der Waals surface area contributed by atoms with Crippen LogP contribution in [0.5, 0.6) is 0 Å². The number of nitrogens with zero attached hydrogens (tertiary/aromatic N) is 1. The van der Waals surface area contributed by atoms with Crippen LogP contribution in [-0.2, 0) is 0 Å². The first kappa shape index (κ1) is 11.9. The number of aromatic nitrogens is 1. The second kappa shape index (κ2) is 5.16. The molecule has 0 aromatic carbocycles. The largest absolute Gasteiger partial charge is 0.388 e. The lowest BCUT2D eigenvalue weighted by Crippen LogP contribution is -2.45. The molecule has 1 aliphatic rings. The topological polar surface area (TPSA) is 62.2 Å². The van der Waals surface area contributed by atoms with E-state index < -0.39 is 5.60 Å². The molecule has 0 bridgehead atoms. The van der Waals surface area contributed by atoms with E-state index in [0.29, 0.717) is 12.2 Å². The van der Waals surface area contributed by atoms with Gasteiger partial charge in [0.2, 0.25) is 0 Å². The highest BCUT2D eigenvalue weighted by Crippen LogP contribution is 2.26. The number of hydrogen-bond acceptors (Lipinski definition) is 5. The standard InChI is InChI=1S/C10H14N2O2S2/c13-9(8-5-16-7-12-8)11-6-10(14)1-3-15-4-2-10/h5,7,14H,1-4,6H2,(H,11,13). The summed E-state index contributed by atoms with van der Waals surface area (Å²) in [7, 11) is 0. The summed E-state index contributed by atoms with van der Waals surface area (Å²) in [5.74, 6) is 1.72. The van der Waals surface area contributed by atoms with Crippen LogP contribution < -0.4 is 5.32 Å². The van der Waals surface area contributed by atoms with Crippen molar-refractivity contribution in [1.82, 2.24) is 10.3 Å². The van der Waals surface area contributed by atoms with Gasteiger partial charge in [0, 0.05) is 11.9 Å². The van der Waals surface area contributed by atoms with Crippen LogP contribution >= 0.6 is 23.1 Å². The fourth-order valence-corrected chi connectivity index (χ4v) is 3.37. The van der Waals surface area contributed by atoms with E-state index >= 15 is 0 Å². The van der Waals surface area contributed by atoms with Gasteiger partial charge in [0.05, 0.1) is 11.1 Å². The molecular formula is C10H14N2O2S2. The number of thioether (sulfide) groups is 1. The summed E-state index contributed by atoms with van der Waals surface area (Å²) in [6, 6.07) is 0. The summed E-state index contributed by atoms with van der Waals surface area (Å²) >= 11 is 3.24. The predicted molar refractivity (Wildman–Crippen MR) is 66.0 cm³/mol. The molecule has 6 heteroatoms. The molecule has 2 rings (SSSR count). The lowest BCUT2D eigenvalue weighted by Gasteiger charge is -2.31. The van der Waals surface area contributed by atoms with E-state index in [0.717, 1.165) is 24.3 Å². The number of nitrogens with one attached hydrogen (secondary N) is 1. The van der Waals surface area contributed by atoms with Crippen molar-refractivity contribution in [3.05, 3.63) is 16.6 Å². The van der Waals surface area contributed by atoms with Crippen LogP contribution in [0.15, 0.2) is 10.9 Å². The van der Waals surface area contributed by atoms with Crippen LogP contribution in [-0.4, -0.2) is 39.6 Å². The number of carbonyl (C=O) groups excluding carboxylic acids is 1. The van der Waals surface area contributed by atoms with Crippen LogP contribution in [0.2, 0.25) is 0 Å². The minimum absolute atomic E-state index is 0.201. The predicted octanol–water partition coefficient (Wildman–Crippen LogP) is 1.13. The Morgan fingerprint density at radius 3 is 2.94 bits per heavy atom. The molecule has 2 N–H and O–H groups in total. The summed E-state index contributed by atoms with van der Waals surface area (Å²) in [5, 5.41) is 14.6. The number of amides is 1. The van der Waals surface area contributed by atoms with Crippen LogP contribution in [0.25, 0.3) is 0 Å². The highest BCUT2D eigenvalue weighted by molar-refractivity contribution is 7.99. The number of rotatable bonds is 3. The number of hydrogen-bond donors (Lipinski definition) is 2. The maximum Gasteiger partial charge on any atom is 0.270 e. The molecule has 0 saturated carbocycles. The molecule has 1 amide bonds. The first-order chi connectivity index (χ1) is 7.70. The molecule has 0 aliphatic carbocycles. The third-order valence-corrected chi connectivity index (χ3v) is 4.24. The minimum atomic E-state index is -0.725. The maximum absolute atomic E-state index is 11.6. The molecule has 0 spiro atoms.